The molecule has 0 aliphatic heterocycles. The molecule has 1 amide bonds. The summed E-state index contributed by atoms with van der Waals surface area (Å²) in [5, 5.41) is 6.93. The molecule has 76 valence electrons. The number of nitrogens with one attached hydrogen (secondary N) is 1. The van der Waals surface area contributed by atoms with E-state index in [4.69, 9.17) is 17.3 Å². The number of hydrogen-bond acceptors (Lipinski definition) is 3. The lowest BCUT2D eigenvalue weighted by atomic mass is 10.2. The van der Waals surface area contributed by atoms with Gasteiger partial charge in [0.25, 0.3) is 5.91 Å². The number of H-pyrrole nitrogens is 1. The molecule has 15 heavy (non-hydrogen) atoms. The molecule has 3 N–H and O–H groups in total. The molecule has 0 aliphatic rings. The second kappa shape index (κ2) is 3.70. The Labute approximate surface area is 90.3 Å². The van der Waals surface area contributed by atoms with Crippen molar-refractivity contribution in [2.45, 2.75) is 0 Å². The van der Waals surface area contributed by atoms with Gasteiger partial charge >= 0.3 is 0 Å². The van der Waals surface area contributed by atoms with Crippen LogP contribution in [0.3, 0.4) is 0 Å². The van der Waals surface area contributed by atoms with E-state index in [1.54, 1.807) is 18.3 Å². The number of halogens is 1. The number of hydrogen-bond donors (Lipinski definition) is 2. The first-order valence-electron chi connectivity index (χ1n) is 4.13. The average Bonchev–Trinajstić information content (AvgIpc) is 2.67. The van der Waals surface area contributed by atoms with Crippen LogP contribution in [0, 0.1) is 0 Å². The smallest absolute Gasteiger partial charge is 0.266 e. The van der Waals surface area contributed by atoms with Gasteiger partial charge in [-0.25, -0.2) is 0 Å². The molecule has 0 saturated carbocycles. The number of primary amides is 1. The molecule has 2 heterocycles. The third kappa shape index (κ3) is 1.82. The predicted molar refractivity (Wildman–Crippen MR) is 55.3 cm³/mol. The third-order valence-corrected chi connectivity index (χ3v) is 2.19. The summed E-state index contributed by atoms with van der Waals surface area (Å²) in [5.74, 6) is -0.557. The van der Waals surface area contributed by atoms with E-state index in [0.717, 1.165) is 0 Å². The van der Waals surface area contributed by atoms with Crippen LogP contribution in [0.5, 0.6) is 0 Å². The van der Waals surface area contributed by atoms with Crippen molar-refractivity contribution in [3.63, 3.8) is 0 Å². The summed E-state index contributed by atoms with van der Waals surface area (Å²) in [4.78, 5) is 14.7. The highest BCUT2D eigenvalue weighted by Gasteiger charge is 2.09. The lowest BCUT2D eigenvalue weighted by Gasteiger charge is -1.96. The Balaban J connectivity index is 2.46. The van der Waals surface area contributed by atoms with Crippen LogP contribution < -0.4 is 5.73 Å². The fourth-order valence-corrected chi connectivity index (χ4v) is 1.38. The number of carbonyl (C=O) groups excluding carboxylic acids is 1. The maximum absolute atomic E-state index is 10.8. The van der Waals surface area contributed by atoms with E-state index < -0.39 is 5.91 Å². The molecule has 2 aromatic heterocycles. The van der Waals surface area contributed by atoms with Gasteiger partial charge < -0.3 is 5.73 Å². The topological polar surface area (TPSA) is 84.7 Å². The van der Waals surface area contributed by atoms with Gasteiger partial charge in [0.2, 0.25) is 0 Å². The van der Waals surface area contributed by atoms with Gasteiger partial charge in [0.05, 0.1) is 10.7 Å². The lowest BCUT2D eigenvalue weighted by molar-refractivity contribution is 0.0995. The molecule has 0 aliphatic carbocycles. The molecule has 2 aromatic rings. The predicted octanol–water partition coefficient (Wildman–Crippen LogP) is 1.22. The van der Waals surface area contributed by atoms with Gasteiger partial charge in [0.15, 0.2) is 0 Å². The Kier molecular flexibility index (Phi) is 2.39. The number of nitrogens with two attached hydrogens (primary N) is 1. The van der Waals surface area contributed by atoms with Gasteiger partial charge in [-0.05, 0) is 12.1 Å². The Morgan fingerprint density at radius 2 is 2.33 bits per heavy atom. The number of amides is 1. The zero-order valence-corrected chi connectivity index (χ0v) is 8.32. The molecule has 0 spiro atoms. The quantitative estimate of drug-likeness (QED) is 0.801. The van der Waals surface area contributed by atoms with Crippen molar-refractivity contribution in [2.24, 2.45) is 5.73 Å². The zero-order chi connectivity index (χ0) is 10.8. The monoisotopic (exact) mass is 222 g/mol. The number of rotatable bonds is 2. The summed E-state index contributed by atoms with van der Waals surface area (Å²) < 4.78 is 0. The summed E-state index contributed by atoms with van der Waals surface area (Å²) in [7, 11) is 0. The van der Waals surface area contributed by atoms with Gasteiger partial charge in [-0.2, -0.15) is 5.10 Å². The summed E-state index contributed by atoms with van der Waals surface area (Å²) in [6.45, 7) is 0. The number of carbonyl (C=O) groups is 1. The first-order valence-corrected chi connectivity index (χ1v) is 4.51. The first-order chi connectivity index (χ1) is 7.18. The molecule has 5 nitrogen and oxygen atoms in total. The Morgan fingerprint density at radius 3 is 2.93 bits per heavy atom. The molecule has 0 radical (unpaired) electrons. The van der Waals surface area contributed by atoms with Crippen LogP contribution in [0.4, 0.5) is 0 Å². The summed E-state index contributed by atoms with van der Waals surface area (Å²) in [5.41, 5.74) is 6.61. The second-order valence-corrected chi connectivity index (χ2v) is 3.29. The third-order valence-electron chi connectivity index (χ3n) is 1.89. The van der Waals surface area contributed by atoms with Crippen LogP contribution in [0.1, 0.15) is 10.5 Å². The fraction of sp³-hybridized carbons (Fsp3) is 0. The minimum absolute atomic E-state index is 0.248. The molecule has 0 fully saturated rings. The summed E-state index contributed by atoms with van der Waals surface area (Å²) in [6.07, 6.45) is 3.11. The highest BCUT2D eigenvalue weighted by molar-refractivity contribution is 6.33. The van der Waals surface area contributed by atoms with E-state index in [2.05, 4.69) is 15.2 Å². The van der Waals surface area contributed by atoms with Gasteiger partial charge in [0, 0.05) is 18.0 Å². The summed E-state index contributed by atoms with van der Waals surface area (Å²) >= 11 is 5.92. The SMILES string of the molecule is NC(=O)c1cc(-c2ccncc2Cl)n[nH]1. The van der Waals surface area contributed by atoms with Crippen LogP contribution in [0.15, 0.2) is 24.5 Å². The molecule has 6 heteroatoms. The number of aromatic nitrogens is 3. The lowest BCUT2D eigenvalue weighted by Crippen LogP contribution is -2.10. The van der Waals surface area contributed by atoms with Crippen molar-refractivity contribution in [3.8, 4) is 11.3 Å². The largest absolute Gasteiger partial charge is 0.364 e. The van der Waals surface area contributed by atoms with E-state index in [9.17, 15) is 4.79 Å². The molecular weight excluding hydrogens is 216 g/mol. The standard InChI is InChI=1S/C9H7ClN4O/c10-6-4-12-2-1-5(6)7-3-8(9(11)15)14-13-7/h1-4H,(H2,11,15)(H,13,14). The molecular formula is C9H7ClN4O. The number of nitrogens with zero attached hydrogens (tertiary/aromatic N) is 2. The van der Waals surface area contributed by atoms with Crippen molar-refractivity contribution >= 4 is 17.5 Å². The average molecular weight is 223 g/mol. The second-order valence-electron chi connectivity index (χ2n) is 2.89. The van der Waals surface area contributed by atoms with E-state index in [0.29, 0.717) is 16.3 Å². The van der Waals surface area contributed by atoms with Crippen LogP contribution in [0.2, 0.25) is 5.02 Å². The highest BCUT2D eigenvalue weighted by Crippen LogP contribution is 2.24. The van der Waals surface area contributed by atoms with E-state index in [1.165, 1.54) is 6.20 Å². The van der Waals surface area contributed by atoms with Crippen molar-refractivity contribution in [3.05, 3.63) is 35.2 Å². The summed E-state index contributed by atoms with van der Waals surface area (Å²) in [6, 6.07) is 3.26. The number of aromatic amines is 1. The Bertz CT molecular complexity index is 508. The van der Waals surface area contributed by atoms with E-state index in [1.807, 2.05) is 0 Å². The first kappa shape index (κ1) is 9.67. The van der Waals surface area contributed by atoms with Crippen LogP contribution in [-0.4, -0.2) is 21.1 Å². The van der Waals surface area contributed by atoms with Crippen LogP contribution in [-0.2, 0) is 0 Å². The minimum atomic E-state index is -0.557. The molecule has 0 atom stereocenters. The van der Waals surface area contributed by atoms with Gasteiger partial charge in [-0.3, -0.25) is 14.9 Å². The molecule has 0 aromatic carbocycles. The van der Waals surface area contributed by atoms with Gasteiger partial charge in [0.1, 0.15) is 5.69 Å². The fourth-order valence-electron chi connectivity index (χ4n) is 1.17. The molecule has 0 bridgehead atoms. The van der Waals surface area contributed by atoms with Gasteiger partial charge in [-0.15, -0.1) is 0 Å². The molecule has 2 rings (SSSR count). The molecule has 0 unspecified atom stereocenters. The highest BCUT2D eigenvalue weighted by atomic mass is 35.5. The van der Waals surface area contributed by atoms with Crippen molar-refractivity contribution in [1.29, 1.82) is 0 Å². The van der Waals surface area contributed by atoms with Crippen molar-refractivity contribution < 1.29 is 4.79 Å². The van der Waals surface area contributed by atoms with Crippen molar-refractivity contribution in [1.82, 2.24) is 15.2 Å². The Hall–Kier alpha value is -1.88. The van der Waals surface area contributed by atoms with Crippen LogP contribution in [0.25, 0.3) is 11.3 Å². The zero-order valence-electron chi connectivity index (χ0n) is 7.57. The number of pyridine rings is 1. The maximum atomic E-state index is 10.8. The van der Waals surface area contributed by atoms with E-state index >= 15 is 0 Å². The van der Waals surface area contributed by atoms with Crippen molar-refractivity contribution in [2.75, 3.05) is 0 Å². The Morgan fingerprint density at radius 1 is 1.53 bits per heavy atom. The van der Waals surface area contributed by atoms with Crippen LogP contribution >= 0.6 is 11.6 Å². The normalized spacial score (nSPS) is 10.2. The van der Waals surface area contributed by atoms with E-state index in [-0.39, 0.29) is 5.69 Å². The van der Waals surface area contributed by atoms with Gasteiger partial charge in [-0.1, -0.05) is 11.6 Å². The maximum Gasteiger partial charge on any atom is 0.266 e. The molecule has 0 saturated heterocycles. The minimum Gasteiger partial charge on any atom is -0.364 e.